The number of halogens is 3. The second kappa shape index (κ2) is 9.16. The number of hydrogen-bond acceptors (Lipinski definition) is 8. The predicted octanol–water partition coefficient (Wildman–Crippen LogP) is 3.60. The van der Waals surface area contributed by atoms with E-state index in [9.17, 15) is 13.2 Å². The SMILES string of the molecule is CN1CCC(CNc2nn3c(-c4cccc(OC(F)(F)F)c4)nnc3c3c2OCCCO3)CC1. The number of aromatic nitrogens is 4. The number of nitrogens with zero attached hydrogens (tertiary/aromatic N) is 5. The van der Waals surface area contributed by atoms with Gasteiger partial charge in [0.1, 0.15) is 5.75 Å². The average molecular weight is 478 g/mol. The highest BCUT2D eigenvalue weighted by Crippen LogP contribution is 2.40. The first-order valence-electron chi connectivity index (χ1n) is 11.2. The Balaban J connectivity index is 1.51. The summed E-state index contributed by atoms with van der Waals surface area (Å²) in [6.07, 6.45) is -1.94. The Bertz CT molecular complexity index is 1160. The van der Waals surface area contributed by atoms with Crippen molar-refractivity contribution in [2.75, 3.05) is 45.2 Å². The zero-order chi connectivity index (χ0) is 23.7. The van der Waals surface area contributed by atoms with Gasteiger partial charge in [0.15, 0.2) is 11.6 Å². The Hall–Kier alpha value is -3.28. The van der Waals surface area contributed by atoms with Crippen LogP contribution < -0.4 is 19.5 Å². The Morgan fingerprint density at radius 1 is 1.12 bits per heavy atom. The standard InChI is InChI=1S/C22H25F3N6O3/c1-30-8-6-14(7-9-30)13-26-19-17-18(33-11-3-10-32-17)21-28-27-20(31(21)29-19)15-4-2-5-16(12-15)34-22(23,24)25/h2,4-5,12,14H,3,6-11,13H2,1H3,(H,26,29). The van der Waals surface area contributed by atoms with Crippen LogP contribution in [0.3, 0.4) is 0 Å². The molecule has 4 heterocycles. The molecule has 1 saturated heterocycles. The van der Waals surface area contributed by atoms with Crippen LogP contribution in [-0.2, 0) is 0 Å². The maximum Gasteiger partial charge on any atom is 0.573 e. The summed E-state index contributed by atoms with van der Waals surface area (Å²) < 4.78 is 55.5. The molecule has 3 aromatic rings. The van der Waals surface area contributed by atoms with Crippen molar-refractivity contribution < 1.29 is 27.4 Å². The number of hydrogen-bond donors (Lipinski definition) is 1. The summed E-state index contributed by atoms with van der Waals surface area (Å²) in [4.78, 5) is 2.31. The van der Waals surface area contributed by atoms with Crippen molar-refractivity contribution >= 4 is 11.5 Å². The Kier molecular flexibility index (Phi) is 6.07. The van der Waals surface area contributed by atoms with Gasteiger partial charge in [0, 0.05) is 18.5 Å². The van der Waals surface area contributed by atoms with Crippen LogP contribution in [0.25, 0.3) is 17.0 Å². The molecule has 12 heteroatoms. The highest BCUT2D eigenvalue weighted by atomic mass is 19.4. The Labute approximate surface area is 193 Å². The van der Waals surface area contributed by atoms with Crippen molar-refractivity contribution in [3.05, 3.63) is 24.3 Å². The third kappa shape index (κ3) is 4.81. The van der Waals surface area contributed by atoms with E-state index in [0.29, 0.717) is 60.6 Å². The number of fused-ring (bicyclic) bond motifs is 3. The molecule has 0 bridgehead atoms. The number of likely N-dealkylation sites (tertiary alicyclic amines) is 1. The van der Waals surface area contributed by atoms with Gasteiger partial charge >= 0.3 is 6.36 Å². The van der Waals surface area contributed by atoms with Crippen LogP contribution in [0.1, 0.15) is 19.3 Å². The molecule has 0 spiro atoms. The van der Waals surface area contributed by atoms with E-state index >= 15 is 0 Å². The van der Waals surface area contributed by atoms with Gasteiger partial charge < -0.3 is 24.4 Å². The normalized spacial score (nSPS) is 17.5. The van der Waals surface area contributed by atoms with Crippen LogP contribution in [0.5, 0.6) is 17.2 Å². The van der Waals surface area contributed by atoms with E-state index < -0.39 is 6.36 Å². The van der Waals surface area contributed by atoms with Gasteiger partial charge in [-0.15, -0.1) is 28.5 Å². The van der Waals surface area contributed by atoms with Crippen molar-refractivity contribution in [2.24, 2.45) is 5.92 Å². The van der Waals surface area contributed by atoms with Gasteiger partial charge in [0.25, 0.3) is 0 Å². The van der Waals surface area contributed by atoms with Crippen LogP contribution in [0, 0.1) is 5.92 Å². The van der Waals surface area contributed by atoms with E-state index in [-0.39, 0.29) is 11.6 Å². The molecule has 182 valence electrons. The molecule has 0 amide bonds. The summed E-state index contributed by atoms with van der Waals surface area (Å²) in [5.41, 5.74) is 0.705. The summed E-state index contributed by atoms with van der Waals surface area (Å²) in [6, 6.07) is 5.56. The van der Waals surface area contributed by atoms with Crippen molar-refractivity contribution in [3.63, 3.8) is 0 Å². The number of alkyl halides is 3. The molecule has 5 rings (SSSR count). The number of ether oxygens (including phenoxy) is 3. The topological polar surface area (TPSA) is 86.0 Å². The molecular weight excluding hydrogens is 453 g/mol. The third-order valence-corrected chi connectivity index (χ3v) is 5.97. The lowest BCUT2D eigenvalue weighted by Gasteiger charge is -2.29. The molecule has 0 unspecified atom stereocenters. The second-order valence-corrected chi connectivity index (χ2v) is 8.52. The van der Waals surface area contributed by atoms with Gasteiger partial charge in [-0.1, -0.05) is 12.1 Å². The van der Waals surface area contributed by atoms with E-state index in [2.05, 4.69) is 37.3 Å². The number of piperidine rings is 1. The zero-order valence-electron chi connectivity index (χ0n) is 18.6. The molecule has 1 N–H and O–H groups in total. The van der Waals surface area contributed by atoms with Crippen molar-refractivity contribution in [1.29, 1.82) is 0 Å². The van der Waals surface area contributed by atoms with Gasteiger partial charge in [-0.05, 0) is 51.0 Å². The fourth-order valence-corrected chi connectivity index (χ4v) is 4.18. The summed E-state index contributed by atoms with van der Waals surface area (Å²) in [5, 5.41) is 16.5. The van der Waals surface area contributed by atoms with Crippen molar-refractivity contribution in [1.82, 2.24) is 24.7 Å². The van der Waals surface area contributed by atoms with E-state index in [4.69, 9.17) is 9.47 Å². The molecule has 2 aliphatic heterocycles. The number of anilines is 1. The van der Waals surface area contributed by atoms with Crippen LogP contribution >= 0.6 is 0 Å². The first-order chi connectivity index (χ1) is 16.4. The van der Waals surface area contributed by atoms with Gasteiger partial charge in [-0.3, -0.25) is 0 Å². The van der Waals surface area contributed by atoms with Crippen LogP contribution in [0.2, 0.25) is 0 Å². The largest absolute Gasteiger partial charge is 0.573 e. The smallest absolute Gasteiger partial charge is 0.486 e. The fourth-order valence-electron chi connectivity index (χ4n) is 4.18. The van der Waals surface area contributed by atoms with Crippen molar-refractivity contribution in [3.8, 4) is 28.6 Å². The minimum absolute atomic E-state index is 0.264. The number of rotatable bonds is 5. The average Bonchev–Trinajstić information content (AvgIpc) is 3.06. The Morgan fingerprint density at radius 3 is 2.65 bits per heavy atom. The molecule has 9 nitrogen and oxygen atoms in total. The number of nitrogens with one attached hydrogen (secondary N) is 1. The highest BCUT2D eigenvalue weighted by Gasteiger charge is 2.31. The molecule has 1 aromatic carbocycles. The molecule has 0 aliphatic carbocycles. The monoisotopic (exact) mass is 478 g/mol. The van der Waals surface area contributed by atoms with E-state index in [0.717, 1.165) is 25.9 Å². The zero-order valence-corrected chi connectivity index (χ0v) is 18.6. The lowest BCUT2D eigenvalue weighted by molar-refractivity contribution is -0.274. The fraction of sp³-hybridized carbons (Fsp3) is 0.500. The van der Waals surface area contributed by atoms with E-state index in [1.54, 1.807) is 6.07 Å². The lowest BCUT2D eigenvalue weighted by Crippen LogP contribution is -2.33. The maximum absolute atomic E-state index is 12.7. The predicted molar refractivity (Wildman–Crippen MR) is 117 cm³/mol. The first-order valence-corrected chi connectivity index (χ1v) is 11.2. The quantitative estimate of drug-likeness (QED) is 0.596. The second-order valence-electron chi connectivity index (χ2n) is 8.52. The molecule has 34 heavy (non-hydrogen) atoms. The highest BCUT2D eigenvalue weighted by molar-refractivity contribution is 5.72. The summed E-state index contributed by atoms with van der Waals surface area (Å²) in [7, 11) is 2.12. The molecule has 0 radical (unpaired) electrons. The van der Waals surface area contributed by atoms with E-state index in [1.165, 1.54) is 22.7 Å². The minimum Gasteiger partial charge on any atom is -0.486 e. The van der Waals surface area contributed by atoms with Gasteiger partial charge in [0.05, 0.1) is 13.2 Å². The molecular formula is C22H25F3N6O3. The van der Waals surface area contributed by atoms with Gasteiger partial charge in [0.2, 0.25) is 17.1 Å². The number of benzene rings is 1. The molecule has 0 saturated carbocycles. The maximum atomic E-state index is 12.7. The van der Waals surface area contributed by atoms with E-state index in [1.807, 2.05) is 0 Å². The summed E-state index contributed by atoms with van der Waals surface area (Å²) >= 11 is 0. The first kappa shape index (κ1) is 22.5. The van der Waals surface area contributed by atoms with Crippen molar-refractivity contribution in [2.45, 2.75) is 25.6 Å². The molecule has 2 aliphatic rings. The minimum atomic E-state index is -4.79. The van der Waals surface area contributed by atoms with Crippen LogP contribution in [-0.4, -0.2) is 71.0 Å². The molecule has 0 atom stereocenters. The summed E-state index contributed by atoms with van der Waals surface area (Å²) in [6.45, 7) is 3.73. The van der Waals surface area contributed by atoms with Crippen LogP contribution in [0.15, 0.2) is 24.3 Å². The summed E-state index contributed by atoms with van der Waals surface area (Å²) in [5.74, 6) is 1.79. The Morgan fingerprint density at radius 2 is 1.88 bits per heavy atom. The lowest BCUT2D eigenvalue weighted by atomic mass is 9.97. The van der Waals surface area contributed by atoms with Gasteiger partial charge in [-0.2, -0.15) is 4.52 Å². The van der Waals surface area contributed by atoms with Gasteiger partial charge in [-0.25, -0.2) is 0 Å². The molecule has 2 aromatic heterocycles. The third-order valence-electron chi connectivity index (χ3n) is 5.97. The van der Waals surface area contributed by atoms with Crippen LogP contribution in [0.4, 0.5) is 19.0 Å². The molecule has 1 fully saturated rings.